The molecule has 0 atom stereocenters. The first-order chi connectivity index (χ1) is 11.1. The van der Waals surface area contributed by atoms with E-state index in [0.717, 1.165) is 32.1 Å². The molecule has 0 saturated heterocycles. The van der Waals surface area contributed by atoms with Crippen LogP contribution in [0.25, 0.3) is 21.5 Å². The van der Waals surface area contributed by atoms with Crippen LogP contribution in [0.2, 0.25) is 5.02 Å². The molecule has 3 nitrogen and oxygen atoms in total. The van der Waals surface area contributed by atoms with Gasteiger partial charge in [0.25, 0.3) is 0 Å². The lowest BCUT2D eigenvalue weighted by Crippen LogP contribution is -2.48. The zero-order valence-electron chi connectivity index (χ0n) is 13.4. The summed E-state index contributed by atoms with van der Waals surface area (Å²) in [6.45, 7) is 2.07. The number of hydrogen-bond donors (Lipinski definition) is 3. The minimum Gasteiger partial charge on any atom is -0.394 e. The Balaban J connectivity index is 0.00000208. The van der Waals surface area contributed by atoms with E-state index in [0.29, 0.717) is 6.54 Å². The largest absolute Gasteiger partial charge is 0.394 e. The van der Waals surface area contributed by atoms with Crippen molar-refractivity contribution in [3.63, 3.8) is 0 Å². The zero-order valence-corrected chi connectivity index (χ0v) is 15.0. The molecule has 24 heavy (non-hydrogen) atoms. The molecule has 0 heterocycles. The van der Waals surface area contributed by atoms with Crippen molar-refractivity contribution in [3.05, 3.63) is 59.1 Å². The molecule has 3 N–H and O–H groups in total. The topological polar surface area (TPSA) is 52.5 Å². The van der Waals surface area contributed by atoms with Crippen LogP contribution >= 0.6 is 24.0 Å². The molecule has 0 aliphatic rings. The Morgan fingerprint density at radius 3 is 2.33 bits per heavy atom. The molecule has 3 aromatic rings. The van der Waals surface area contributed by atoms with Gasteiger partial charge in [-0.05, 0) is 40.8 Å². The highest BCUT2D eigenvalue weighted by molar-refractivity contribution is 6.36. The minimum atomic E-state index is -0.720. The number of halogens is 2. The number of fused-ring (bicyclic) bond motifs is 2. The molecule has 0 fully saturated rings. The molecule has 0 spiro atoms. The van der Waals surface area contributed by atoms with Crippen LogP contribution in [0, 0.1) is 0 Å². The molecule has 5 heteroatoms. The number of aliphatic hydroxyl groups excluding tert-OH is 2. The van der Waals surface area contributed by atoms with Gasteiger partial charge in [0, 0.05) is 17.0 Å². The molecule has 0 aromatic heterocycles. The van der Waals surface area contributed by atoms with E-state index in [1.807, 2.05) is 24.3 Å². The van der Waals surface area contributed by atoms with Crippen molar-refractivity contribution < 1.29 is 10.2 Å². The summed E-state index contributed by atoms with van der Waals surface area (Å²) in [4.78, 5) is 0. The van der Waals surface area contributed by atoms with Gasteiger partial charge < -0.3 is 15.5 Å². The van der Waals surface area contributed by atoms with Crippen molar-refractivity contribution in [2.45, 2.75) is 19.0 Å². The summed E-state index contributed by atoms with van der Waals surface area (Å²) in [6, 6.07) is 16.2. The number of nitrogens with one attached hydrogen (secondary N) is 1. The van der Waals surface area contributed by atoms with E-state index in [4.69, 9.17) is 11.6 Å². The van der Waals surface area contributed by atoms with Gasteiger partial charge in [-0.15, -0.1) is 12.4 Å². The fourth-order valence-corrected chi connectivity index (χ4v) is 3.03. The predicted molar refractivity (Wildman–Crippen MR) is 103 cm³/mol. The standard InChI is InChI=1S/C19H20ClNO2.ClH/c1-19(11-22,12-23)21-10-17-14-6-3-2-5-13(14)9-16-15(17)7-4-8-18(16)20;/h2-9,21-23H,10-12H2,1H3;1H. The summed E-state index contributed by atoms with van der Waals surface area (Å²) in [7, 11) is 0. The second kappa shape index (κ2) is 7.68. The third-order valence-corrected chi connectivity index (χ3v) is 4.68. The van der Waals surface area contributed by atoms with Gasteiger partial charge in [0.2, 0.25) is 0 Å². The number of hydrogen-bond acceptors (Lipinski definition) is 3. The monoisotopic (exact) mass is 365 g/mol. The maximum absolute atomic E-state index is 9.49. The molecule has 0 saturated carbocycles. The number of benzene rings is 3. The Hall–Kier alpha value is -1.36. The normalized spacial score (nSPS) is 11.7. The van der Waals surface area contributed by atoms with Crippen LogP contribution < -0.4 is 5.32 Å². The van der Waals surface area contributed by atoms with Crippen LogP contribution in [0.1, 0.15) is 12.5 Å². The van der Waals surface area contributed by atoms with Gasteiger partial charge in [0.05, 0.1) is 18.8 Å². The maximum atomic E-state index is 9.49. The Morgan fingerprint density at radius 1 is 0.958 bits per heavy atom. The molecule has 128 valence electrons. The van der Waals surface area contributed by atoms with E-state index in [9.17, 15) is 10.2 Å². The first kappa shape index (κ1) is 19.0. The summed E-state index contributed by atoms with van der Waals surface area (Å²) < 4.78 is 0. The van der Waals surface area contributed by atoms with Gasteiger partial charge in [0.15, 0.2) is 0 Å². The van der Waals surface area contributed by atoms with Gasteiger partial charge >= 0.3 is 0 Å². The molecular formula is C19H21Cl2NO2. The third-order valence-electron chi connectivity index (χ3n) is 4.35. The maximum Gasteiger partial charge on any atom is 0.0633 e. The first-order valence-electron chi connectivity index (χ1n) is 7.63. The molecule has 0 amide bonds. The Labute approximate surface area is 152 Å². The molecule has 0 bridgehead atoms. The van der Waals surface area contributed by atoms with Crippen LogP contribution in [0.5, 0.6) is 0 Å². The molecule has 3 rings (SSSR count). The lowest BCUT2D eigenvalue weighted by molar-refractivity contribution is 0.103. The Kier molecular flexibility index (Phi) is 6.07. The van der Waals surface area contributed by atoms with Crippen molar-refractivity contribution in [1.29, 1.82) is 0 Å². The van der Waals surface area contributed by atoms with E-state index >= 15 is 0 Å². The summed E-state index contributed by atoms with van der Waals surface area (Å²) in [5.41, 5.74) is 0.399. The quantitative estimate of drug-likeness (QED) is 0.601. The summed E-state index contributed by atoms with van der Waals surface area (Å²) in [6.07, 6.45) is 0. The second-order valence-electron chi connectivity index (χ2n) is 6.14. The molecular weight excluding hydrogens is 345 g/mol. The van der Waals surface area contributed by atoms with Crippen LogP contribution in [0.3, 0.4) is 0 Å². The second-order valence-corrected chi connectivity index (χ2v) is 6.55. The Morgan fingerprint density at radius 2 is 1.62 bits per heavy atom. The molecule has 0 aliphatic heterocycles. The van der Waals surface area contributed by atoms with E-state index in [1.165, 1.54) is 0 Å². The lowest BCUT2D eigenvalue weighted by Gasteiger charge is -2.27. The average Bonchev–Trinajstić information content (AvgIpc) is 2.59. The van der Waals surface area contributed by atoms with Crippen molar-refractivity contribution in [3.8, 4) is 0 Å². The van der Waals surface area contributed by atoms with Gasteiger partial charge in [0.1, 0.15) is 0 Å². The molecule has 0 unspecified atom stereocenters. The Bertz CT molecular complexity index is 847. The molecule has 0 radical (unpaired) electrons. The van der Waals surface area contributed by atoms with Crippen LogP contribution in [-0.2, 0) is 6.54 Å². The van der Waals surface area contributed by atoms with Crippen LogP contribution in [-0.4, -0.2) is 29.0 Å². The summed E-state index contributed by atoms with van der Waals surface area (Å²) in [5, 5.41) is 27.3. The smallest absolute Gasteiger partial charge is 0.0633 e. The van der Waals surface area contributed by atoms with Crippen molar-refractivity contribution >= 4 is 45.6 Å². The van der Waals surface area contributed by atoms with Crippen LogP contribution in [0.15, 0.2) is 48.5 Å². The SMILES string of the molecule is CC(CO)(CO)NCc1c2ccccc2cc2c(Cl)cccc12.Cl. The summed E-state index contributed by atoms with van der Waals surface area (Å²) in [5.74, 6) is 0. The van der Waals surface area contributed by atoms with E-state index < -0.39 is 5.54 Å². The number of aliphatic hydroxyl groups is 2. The highest BCUT2D eigenvalue weighted by atomic mass is 35.5. The number of rotatable bonds is 5. The van der Waals surface area contributed by atoms with Crippen molar-refractivity contribution in [2.24, 2.45) is 0 Å². The van der Waals surface area contributed by atoms with Gasteiger partial charge in [-0.2, -0.15) is 0 Å². The molecule has 3 aromatic carbocycles. The lowest BCUT2D eigenvalue weighted by atomic mass is 9.95. The van der Waals surface area contributed by atoms with Crippen molar-refractivity contribution in [2.75, 3.05) is 13.2 Å². The van der Waals surface area contributed by atoms with Crippen LogP contribution in [0.4, 0.5) is 0 Å². The summed E-state index contributed by atoms with van der Waals surface area (Å²) >= 11 is 6.37. The molecule has 0 aliphatic carbocycles. The highest BCUT2D eigenvalue weighted by Gasteiger charge is 2.22. The van der Waals surface area contributed by atoms with E-state index in [1.54, 1.807) is 6.92 Å². The zero-order chi connectivity index (χ0) is 16.4. The minimum absolute atomic E-state index is 0. The average molecular weight is 366 g/mol. The highest BCUT2D eigenvalue weighted by Crippen LogP contribution is 2.32. The van der Waals surface area contributed by atoms with Gasteiger partial charge in [-0.3, -0.25) is 0 Å². The van der Waals surface area contributed by atoms with Gasteiger partial charge in [-0.25, -0.2) is 0 Å². The van der Waals surface area contributed by atoms with E-state index in [-0.39, 0.29) is 25.6 Å². The van der Waals surface area contributed by atoms with Crippen molar-refractivity contribution in [1.82, 2.24) is 5.32 Å². The fourth-order valence-electron chi connectivity index (χ4n) is 2.80. The fraction of sp³-hybridized carbons (Fsp3) is 0.263. The van der Waals surface area contributed by atoms with Gasteiger partial charge in [-0.1, -0.05) is 48.0 Å². The first-order valence-corrected chi connectivity index (χ1v) is 8.01. The predicted octanol–water partition coefficient (Wildman–Crippen LogP) is 3.90. The third kappa shape index (κ3) is 3.51. The van der Waals surface area contributed by atoms with E-state index in [2.05, 4.69) is 29.6 Å².